The van der Waals surface area contributed by atoms with Gasteiger partial charge in [-0.2, -0.15) is 13.2 Å². The summed E-state index contributed by atoms with van der Waals surface area (Å²) < 4.78 is 71.6. The van der Waals surface area contributed by atoms with Crippen LogP contribution in [0.4, 0.5) is 18.9 Å². The van der Waals surface area contributed by atoms with Gasteiger partial charge in [-0.25, -0.2) is 12.7 Å². The van der Waals surface area contributed by atoms with Crippen LogP contribution in [0.5, 0.6) is 5.75 Å². The van der Waals surface area contributed by atoms with E-state index in [9.17, 15) is 31.2 Å². The van der Waals surface area contributed by atoms with Gasteiger partial charge in [0.15, 0.2) is 6.61 Å². The Hall–Kier alpha value is -3.57. The fourth-order valence-corrected chi connectivity index (χ4v) is 6.27. The van der Waals surface area contributed by atoms with Gasteiger partial charge in [0.2, 0.25) is 0 Å². The summed E-state index contributed by atoms with van der Waals surface area (Å²) in [7, 11) is -4.53. The molecule has 1 atom stereocenters. The average Bonchev–Trinajstić information content (AvgIpc) is 3.09. The Morgan fingerprint density at radius 3 is 2.20 bits per heavy atom. The fourth-order valence-electron chi connectivity index (χ4n) is 4.44. The maximum Gasteiger partial charge on any atom is 0.422 e. The molecule has 0 spiro atoms. The van der Waals surface area contributed by atoms with Crippen molar-refractivity contribution in [2.45, 2.75) is 49.7 Å². The van der Waals surface area contributed by atoms with Gasteiger partial charge in [-0.05, 0) is 81.8 Å². The molecule has 1 unspecified atom stereocenters. The lowest BCUT2D eigenvalue weighted by Crippen LogP contribution is -2.42. The average molecular weight is 595 g/mol. The second-order valence-corrected chi connectivity index (χ2v) is 12.7. The molecule has 1 heterocycles. The number of anilines is 1. The van der Waals surface area contributed by atoms with Crippen molar-refractivity contribution in [2.75, 3.05) is 10.9 Å². The maximum absolute atomic E-state index is 14.0. The summed E-state index contributed by atoms with van der Waals surface area (Å²) in [5, 5.41) is 2.95. The van der Waals surface area contributed by atoms with Crippen LogP contribution in [0.25, 0.3) is 0 Å². The number of hydrogen-bond acceptors (Lipinski definition) is 5. The number of rotatable bonds is 6. The van der Waals surface area contributed by atoms with Gasteiger partial charge < -0.3 is 10.1 Å². The molecule has 3 aromatic carbocycles. The van der Waals surface area contributed by atoms with Crippen LogP contribution in [-0.4, -0.2) is 38.6 Å². The second kappa shape index (κ2) is 10.1. The van der Waals surface area contributed by atoms with Crippen molar-refractivity contribution in [1.29, 1.82) is 0 Å². The zero-order chi connectivity index (χ0) is 29.7. The molecule has 1 aliphatic heterocycles. The normalized spacial score (nSPS) is 17.5. The minimum Gasteiger partial charge on any atom is -0.484 e. The summed E-state index contributed by atoms with van der Waals surface area (Å²) >= 11 is 6.42. The fraction of sp³-hybridized carbons (Fsp3) is 0.286. The second-order valence-electron chi connectivity index (χ2n) is 10.5. The summed E-state index contributed by atoms with van der Waals surface area (Å²) in [6.07, 6.45) is -4.60. The molecule has 0 saturated heterocycles. The van der Waals surface area contributed by atoms with Crippen LogP contribution in [0.1, 0.15) is 49.2 Å². The Bertz CT molecular complexity index is 1580. The summed E-state index contributed by atoms with van der Waals surface area (Å²) in [6.45, 7) is 5.29. The number of fused-ring (bicyclic) bond motifs is 1. The van der Waals surface area contributed by atoms with Crippen molar-refractivity contribution in [3.05, 3.63) is 88.4 Å². The van der Waals surface area contributed by atoms with Crippen LogP contribution in [0.15, 0.2) is 71.6 Å². The van der Waals surface area contributed by atoms with E-state index in [1.54, 1.807) is 39.0 Å². The number of hydrogen-bond donors (Lipinski definition) is 1. The van der Waals surface area contributed by atoms with E-state index in [4.69, 9.17) is 16.3 Å². The van der Waals surface area contributed by atoms with Gasteiger partial charge in [0.1, 0.15) is 11.2 Å². The first-order valence-corrected chi connectivity index (χ1v) is 13.9. The number of nitrogens with one attached hydrogen (secondary N) is 1. The molecule has 0 radical (unpaired) electrons. The minimum absolute atomic E-state index is 0.0543. The monoisotopic (exact) mass is 594 g/mol. The van der Waals surface area contributed by atoms with Crippen molar-refractivity contribution in [2.24, 2.45) is 0 Å². The number of alkyl halides is 3. The first kappa shape index (κ1) is 29.4. The van der Waals surface area contributed by atoms with E-state index >= 15 is 0 Å². The maximum atomic E-state index is 14.0. The van der Waals surface area contributed by atoms with E-state index in [-0.39, 0.29) is 38.0 Å². The van der Waals surface area contributed by atoms with Crippen LogP contribution in [0.3, 0.4) is 0 Å². The van der Waals surface area contributed by atoms with E-state index in [1.807, 2.05) is 0 Å². The number of sulfonamides is 1. The Morgan fingerprint density at radius 2 is 1.62 bits per heavy atom. The van der Waals surface area contributed by atoms with Gasteiger partial charge in [0.05, 0.1) is 10.6 Å². The molecule has 4 rings (SSSR count). The SMILES string of the molecule is CC(C)(C)NC(=O)c1ccc(S(=O)(=O)N2C(=O)C(C)(c3ccccc3Cl)c3cc(OCC(F)(F)F)ccc32)cc1. The molecular formula is C28H26ClF3N2O5S. The van der Waals surface area contributed by atoms with E-state index in [0.717, 1.165) is 0 Å². The van der Waals surface area contributed by atoms with Gasteiger partial charge in [-0.15, -0.1) is 0 Å². The molecule has 1 aliphatic rings. The molecule has 1 N–H and O–H groups in total. The first-order chi connectivity index (χ1) is 18.4. The van der Waals surface area contributed by atoms with Crippen LogP contribution in [0.2, 0.25) is 5.02 Å². The van der Waals surface area contributed by atoms with Gasteiger partial charge in [-0.3, -0.25) is 9.59 Å². The lowest BCUT2D eigenvalue weighted by atomic mass is 9.77. The molecular weight excluding hydrogens is 569 g/mol. The highest BCUT2D eigenvalue weighted by atomic mass is 35.5. The number of ether oxygens (including phenoxy) is 1. The van der Waals surface area contributed by atoms with Crippen molar-refractivity contribution in [3.8, 4) is 5.75 Å². The number of carbonyl (C=O) groups excluding carboxylic acids is 2. The van der Waals surface area contributed by atoms with Crippen molar-refractivity contribution < 1.29 is 35.9 Å². The standard InChI is InChI=1S/C28H26ClF3N2O5S/c1-26(2,3)33-24(35)17-9-12-19(13-10-17)40(37,38)34-23-14-11-18(39-16-28(30,31)32)15-21(23)27(4,25(34)36)20-7-5-6-8-22(20)29/h5-15H,16H2,1-4H3,(H,33,35). The molecule has 212 valence electrons. The number of nitrogens with zero attached hydrogens (tertiary/aromatic N) is 1. The Balaban J connectivity index is 1.81. The third kappa shape index (κ3) is 5.53. The summed E-state index contributed by atoms with van der Waals surface area (Å²) in [4.78, 5) is 26.3. The largest absolute Gasteiger partial charge is 0.484 e. The van der Waals surface area contributed by atoms with Crippen LogP contribution >= 0.6 is 11.6 Å². The van der Waals surface area contributed by atoms with E-state index in [0.29, 0.717) is 4.31 Å². The number of benzene rings is 3. The van der Waals surface area contributed by atoms with Crippen LogP contribution < -0.4 is 14.4 Å². The highest BCUT2D eigenvalue weighted by molar-refractivity contribution is 7.93. The van der Waals surface area contributed by atoms with Gasteiger partial charge >= 0.3 is 6.18 Å². The quantitative estimate of drug-likeness (QED) is 0.386. The predicted octanol–water partition coefficient (Wildman–Crippen LogP) is 5.85. The molecule has 2 amide bonds. The molecule has 40 heavy (non-hydrogen) atoms. The molecule has 0 saturated carbocycles. The number of carbonyl (C=O) groups is 2. The van der Waals surface area contributed by atoms with Crippen molar-refractivity contribution in [3.63, 3.8) is 0 Å². The topological polar surface area (TPSA) is 92.8 Å². The van der Waals surface area contributed by atoms with Gasteiger partial charge in [-0.1, -0.05) is 29.8 Å². The van der Waals surface area contributed by atoms with E-state index in [1.165, 1.54) is 55.5 Å². The highest BCUT2D eigenvalue weighted by Gasteiger charge is 2.54. The summed E-state index contributed by atoms with van der Waals surface area (Å²) in [5.74, 6) is -1.48. The highest BCUT2D eigenvalue weighted by Crippen LogP contribution is 2.50. The molecule has 7 nitrogen and oxygen atoms in total. The van der Waals surface area contributed by atoms with E-state index in [2.05, 4.69) is 5.32 Å². The lowest BCUT2D eigenvalue weighted by molar-refractivity contribution is -0.153. The van der Waals surface area contributed by atoms with E-state index < -0.39 is 45.6 Å². The summed E-state index contributed by atoms with van der Waals surface area (Å²) in [5.41, 5.74) is -1.65. The zero-order valence-corrected chi connectivity index (χ0v) is 23.5. The summed E-state index contributed by atoms with van der Waals surface area (Å²) in [6, 6.07) is 15.0. The molecule has 0 fully saturated rings. The Morgan fingerprint density at radius 1 is 1.00 bits per heavy atom. The third-order valence-corrected chi connectivity index (χ3v) is 8.34. The molecule has 12 heteroatoms. The smallest absolute Gasteiger partial charge is 0.422 e. The molecule has 0 aliphatic carbocycles. The minimum atomic E-state index is -4.60. The Kier molecular flexibility index (Phi) is 7.44. The van der Waals surface area contributed by atoms with Crippen molar-refractivity contribution >= 4 is 39.1 Å². The zero-order valence-electron chi connectivity index (χ0n) is 22.0. The van der Waals surface area contributed by atoms with Crippen LogP contribution in [-0.2, 0) is 20.2 Å². The van der Waals surface area contributed by atoms with Gasteiger partial charge in [0.25, 0.3) is 21.8 Å². The molecule has 0 bridgehead atoms. The Labute approximate surface area is 234 Å². The molecule has 0 aromatic heterocycles. The third-order valence-electron chi connectivity index (χ3n) is 6.30. The van der Waals surface area contributed by atoms with Crippen molar-refractivity contribution in [1.82, 2.24) is 5.32 Å². The van der Waals surface area contributed by atoms with Crippen LogP contribution in [0, 0.1) is 0 Å². The first-order valence-electron chi connectivity index (χ1n) is 12.1. The number of halogens is 4. The number of amides is 2. The molecule has 3 aromatic rings. The lowest BCUT2D eigenvalue weighted by Gasteiger charge is -2.26. The van der Waals surface area contributed by atoms with Gasteiger partial charge in [0, 0.05) is 21.7 Å². The predicted molar refractivity (Wildman–Crippen MR) is 144 cm³/mol.